The van der Waals surface area contributed by atoms with E-state index in [-0.39, 0.29) is 12.8 Å². The van der Waals surface area contributed by atoms with Gasteiger partial charge in [-0.1, -0.05) is 116 Å². The summed E-state index contributed by atoms with van der Waals surface area (Å²) in [7, 11) is 0. The van der Waals surface area contributed by atoms with Crippen LogP contribution in [0.3, 0.4) is 0 Å². The van der Waals surface area contributed by atoms with Gasteiger partial charge in [-0.2, -0.15) is 0 Å². The summed E-state index contributed by atoms with van der Waals surface area (Å²) in [5.41, 5.74) is 0. The van der Waals surface area contributed by atoms with Gasteiger partial charge >= 0.3 is 6.16 Å². The van der Waals surface area contributed by atoms with Crippen LogP contribution in [0.5, 0.6) is 0 Å². The van der Waals surface area contributed by atoms with Crippen LogP contribution < -0.4 is 0 Å². The van der Waals surface area contributed by atoms with E-state index in [9.17, 15) is 4.79 Å². The molecule has 0 radical (unpaired) electrons. The van der Waals surface area contributed by atoms with Gasteiger partial charge in [-0.3, -0.25) is 0 Å². The molecule has 0 aliphatic rings. The second-order valence-corrected chi connectivity index (χ2v) is 12.4. The van der Waals surface area contributed by atoms with Gasteiger partial charge in [-0.15, -0.1) is 0 Å². The van der Waals surface area contributed by atoms with Crippen LogP contribution in [-0.4, -0.2) is 35.6 Å². The van der Waals surface area contributed by atoms with Crippen molar-refractivity contribution in [3.8, 4) is 0 Å². The SMILES string of the molecule is O=C(OCC(Cl)(Cl)CC(Cl)(Cl)Cl)OCC(Cl)(Cl)CC(Cl)(Cl)Cl. The lowest BCUT2D eigenvalue weighted by Gasteiger charge is -2.24. The van der Waals surface area contributed by atoms with Gasteiger partial charge in [0.25, 0.3) is 0 Å². The lowest BCUT2D eigenvalue weighted by Crippen LogP contribution is -2.31. The van der Waals surface area contributed by atoms with E-state index in [2.05, 4.69) is 9.47 Å². The van der Waals surface area contributed by atoms with Crippen LogP contribution in [0.4, 0.5) is 4.79 Å². The minimum absolute atomic E-state index is 0.288. The zero-order valence-electron chi connectivity index (χ0n) is 10.3. The topological polar surface area (TPSA) is 35.5 Å². The maximum absolute atomic E-state index is 11.4. The van der Waals surface area contributed by atoms with E-state index in [1.54, 1.807) is 0 Å². The van der Waals surface area contributed by atoms with Gasteiger partial charge in [0.2, 0.25) is 0 Å². The van der Waals surface area contributed by atoms with E-state index in [4.69, 9.17) is 116 Å². The predicted molar refractivity (Wildman–Crippen MR) is 96.0 cm³/mol. The number of hydrogen-bond acceptors (Lipinski definition) is 3. The van der Waals surface area contributed by atoms with Gasteiger partial charge in [0.05, 0.1) is 0 Å². The third-order valence-corrected chi connectivity index (χ3v) is 3.49. The van der Waals surface area contributed by atoms with E-state index in [1.807, 2.05) is 0 Å². The Morgan fingerprint density at radius 1 is 0.636 bits per heavy atom. The standard InChI is InChI=1S/C9H8Cl10O3/c10-6(11,1-8(14,15)16)3-21-5(20)22-4-7(12,13)2-9(17,18)19/h1-4H2. The normalized spacial score (nSPS) is 13.9. The molecule has 0 saturated heterocycles. The van der Waals surface area contributed by atoms with Crippen molar-refractivity contribution in [2.45, 2.75) is 29.1 Å². The van der Waals surface area contributed by atoms with Gasteiger partial charge in [0, 0.05) is 12.8 Å². The Balaban J connectivity index is 4.25. The number of carbonyl (C=O) groups is 1. The first-order chi connectivity index (χ1) is 9.52. The van der Waals surface area contributed by atoms with Crippen molar-refractivity contribution in [3.63, 3.8) is 0 Å². The Bertz CT molecular complexity index is 339. The number of alkyl halides is 10. The molecule has 0 spiro atoms. The zero-order valence-corrected chi connectivity index (χ0v) is 17.9. The van der Waals surface area contributed by atoms with Crippen LogP contribution in [-0.2, 0) is 9.47 Å². The summed E-state index contributed by atoms with van der Waals surface area (Å²) in [4.78, 5) is 11.4. The third kappa shape index (κ3) is 14.5. The van der Waals surface area contributed by atoms with Crippen LogP contribution >= 0.6 is 116 Å². The smallest absolute Gasteiger partial charge is 0.431 e. The Kier molecular flexibility index (Phi) is 10.1. The van der Waals surface area contributed by atoms with Crippen LogP contribution in [0, 0.1) is 0 Å². The molecule has 0 rings (SSSR count). The van der Waals surface area contributed by atoms with Gasteiger partial charge in [-0.25, -0.2) is 4.79 Å². The third-order valence-electron chi connectivity index (χ3n) is 1.72. The van der Waals surface area contributed by atoms with Gasteiger partial charge in [0.1, 0.15) is 13.2 Å². The van der Waals surface area contributed by atoms with Crippen molar-refractivity contribution in [2.24, 2.45) is 0 Å². The van der Waals surface area contributed by atoms with Crippen molar-refractivity contribution >= 4 is 122 Å². The highest BCUT2D eigenvalue weighted by atomic mass is 35.6. The lowest BCUT2D eigenvalue weighted by atomic mass is 10.3. The summed E-state index contributed by atoms with van der Waals surface area (Å²) in [5.74, 6) is 0. The predicted octanol–water partition coefficient (Wildman–Crippen LogP) is 7.01. The minimum Gasteiger partial charge on any atom is -0.431 e. The van der Waals surface area contributed by atoms with Crippen molar-refractivity contribution < 1.29 is 14.3 Å². The summed E-state index contributed by atoms with van der Waals surface area (Å²) in [5, 5.41) is 0. The highest BCUT2D eigenvalue weighted by Crippen LogP contribution is 2.41. The molecule has 0 aromatic rings. The summed E-state index contributed by atoms with van der Waals surface area (Å²) in [6.07, 6.45) is -1.73. The molecule has 0 aliphatic heterocycles. The molecular formula is C9H8Cl10O3. The number of hydrogen-bond donors (Lipinski definition) is 0. The van der Waals surface area contributed by atoms with Gasteiger partial charge in [0.15, 0.2) is 16.3 Å². The van der Waals surface area contributed by atoms with Crippen LogP contribution in [0.25, 0.3) is 0 Å². The first-order valence-corrected chi connectivity index (χ1v) is 8.98. The molecule has 0 heterocycles. The number of halogens is 10. The Morgan fingerprint density at radius 2 is 0.909 bits per heavy atom. The Morgan fingerprint density at radius 3 is 1.14 bits per heavy atom. The summed E-state index contributed by atoms with van der Waals surface area (Å²) in [6.45, 7) is -0.990. The molecule has 22 heavy (non-hydrogen) atoms. The number of carbonyl (C=O) groups excluding carboxylic acids is 1. The van der Waals surface area contributed by atoms with Crippen LogP contribution in [0.1, 0.15) is 12.8 Å². The molecule has 0 unspecified atom stereocenters. The fourth-order valence-electron chi connectivity index (χ4n) is 1.06. The summed E-state index contributed by atoms with van der Waals surface area (Å²) in [6, 6.07) is 0. The van der Waals surface area contributed by atoms with Gasteiger partial charge in [-0.05, 0) is 0 Å². The molecule has 0 atom stereocenters. The fraction of sp³-hybridized carbons (Fsp3) is 0.889. The lowest BCUT2D eigenvalue weighted by molar-refractivity contribution is 0.0499. The van der Waals surface area contributed by atoms with Crippen LogP contribution in [0.15, 0.2) is 0 Å². The highest BCUT2D eigenvalue weighted by molar-refractivity contribution is 6.69. The Labute approximate surface area is 177 Å². The maximum atomic E-state index is 11.4. The molecular weight excluding hydrogens is 511 g/mol. The van der Waals surface area contributed by atoms with E-state index in [0.717, 1.165) is 0 Å². The second kappa shape index (κ2) is 9.21. The molecule has 132 valence electrons. The molecule has 0 aliphatic carbocycles. The fourth-order valence-corrected chi connectivity index (χ4v) is 4.27. The molecule has 0 aromatic carbocycles. The average molecular weight is 519 g/mol. The summed E-state index contributed by atoms with van der Waals surface area (Å²) >= 11 is 56.5. The molecule has 3 nitrogen and oxygen atoms in total. The molecule has 0 aromatic heterocycles. The molecule has 13 heteroatoms. The monoisotopic (exact) mass is 514 g/mol. The minimum atomic E-state index is -1.72. The molecule has 0 bridgehead atoms. The number of rotatable bonds is 6. The van der Waals surface area contributed by atoms with E-state index in [1.165, 1.54) is 0 Å². The quantitative estimate of drug-likeness (QED) is 0.280. The molecule has 0 N–H and O–H groups in total. The second-order valence-electron chi connectivity index (χ2n) is 4.12. The van der Waals surface area contributed by atoms with E-state index < -0.39 is 35.6 Å². The maximum Gasteiger partial charge on any atom is 0.508 e. The zero-order chi connectivity index (χ0) is 17.8. The van der Waals surface area contributed by atoms with E-state index in [0.29, 0.717) is 0 Å². The molecule has 0 saturated carbocycles. The van der Waals surface area contributed by atoms with Crippen molar-refractivity contribution in [3.05, 3.63) is 0 Å². The first kappa shape index (κ1) is 24.2. The number of ether oxygens (including phenoxy) is 2. The van der Waals surface area contributed by atoms with Crippen molar-refractivity contribution in [1.29, 1.82) is 0 Å². The Hall–Kier alpha value is 2.17. The first-order valence-electron chi connectivity index (χ1n) is 5.20. The highest BCUT2D eigenvalue weighted by Gasteiger charge is 2.38. The van der Waals surface area contributed by atoms with E-state index >= 15 is 0 Å². The summed E-state index contributed by atoms with van der Waals surface area (Å²) < 4.78 is 2.63. The van der Waals surface area contributed by atoms with Gasteiger partial charge < -0.3 is 9.47 Å². The molecule has 0 amide bonds. The van der Waals surface area contributed by atoms with Crippen LogP contribution in [0.2, 0.25) is 0 Å². The van der Waals surface area contributed by atoms with Crippen molar-refractivity contribution in [2.75, 3.05) is 13.2 Å². The average Bonchev–Trinajstić information content (AvgIpc) is 2.17. The largest absolute Gasteiger partial charge is 0.508 e. The van der Waals surface area contributed by atoms with Crippen molar-refractivity contribution in [1.82, 2.24) is 0 Å². The molecule has 0 fully saturated rings.